The number of benzene rings is 2. The van der Waals surface area contributed by atoms with Gasteiger partial charge in [-0.1, -0.05) is 12.1 Å². The van der Waals surface area contributed by atoms with Crippen LogP contribution in [0.25, 0.3) is 6.08 Å². The van der Waals surface area contributed by atoms with E-state index in [1.807, 2.05) is 12.1 Å². The smallest absolute Gasteiger partial charge is 0.343 e. The Morgan fingerprint density at radius 3 is 2.42 bits per heavy atom. The molecule has 0 bridgehead atoms. The summed E-state index contributed by atoms with van der Waals surface area (Å²) in [6.45, 7) is -0.576. The monoisotopic (exact) mass is 552 g/mol. The van der Waals surface area contributed by atoms with Crippen molar-refractivity contribution in [2.75, 3.05) is 25.6 Å². The van der Waals surface area contributed by atoms with Crippen molar-refractivity contribution in [1.82, 2.24) is 4.90 Å². The fraction of sp³-hybridized carbons (Fsp3) is 0.143. The van der Waals surface area contributed by atoms with Crippen molar-refractivity contribution < 1.29 is 28.7 Å². The number of methoxy groups -OCH3 is 1. The van der Waals surface area contributed by atoms with Gasteiger partial charge in [0.25, 0.3) is 11.1 Å². The highest BCUT2D eigenvalue weighted by molar-refractivity contribution is 14.1. The Balaban J connectivity index is 1.61. The van der Waals surface area contributed by atoms with Crippen molar-refractivity contribution in [2.24, 2.45) is 0 Å². The minimum absolute atomic E-state index is 0.209. The van der Waals surface area contributed by atoms with E-state index in [1.165, 1.54) is 7.11 Å². The lowest BCUT2D eigenvalue weighted by Gasteiger charge is -2.12. The zero-order valence-electron chi connectivity index (χ0n) is 16.3. The lowest BCUT2D eigenvalue weighted by Crippen LogP contribution is -2.36. The second-order valence-corrected chi connectivity index (χ2v) is 8.50. The van der Waals surface area contributed by atoms with Crippen molar-refractivity contribution in [3.8, 4) is 5.75 Å². The van der Waals surface area contributed by atoms with Gasteiger partial charge in [0.2, 0.25) is 5.91 Å². The molecule has 2 aromatic rings. The predicted octanol–water partition coefficient (Wildman–Crippen LogP) is 3.52. The molecular weight excluding hydrogens is 535 g/mol. The van der Waals surface area contributed by atoms with Gasteiger partial charge in [0, 0.05) is 9.26 Å². The Morgan fingerprint density at radius 2 is 1.77 bits per heavy atom. The number of hydrogen-bond acceptors (Lipinski definition) is 7. The maximum absolute atomic E-state index is 12.6. The van der Waals surface area contributed by atoms with E-state index in [2.05, 4.69) is 32.6 Å². The average Bonchev–Trinajstić information content (AvgIpc) is 3.02. The third kappa shape index (κ3) is 6.31. The highest BCUT2D eigenvalue weighted by Gasteiger charge is 2.36. The Hall–Kier alpha value is -2.86. The Labute approximate surface area is 196 Å². The molecule has 0 atom stereocenters. The summed E-state index contributed by atoms with van der Waals surface area (Å²) in [5.74, 6) is -1.03. The SMILES string of the molecule is COC(=O)COc1ccc(/C=C2\SC(=O)N(CC(=O)Nc3ccc(I)cc3)C2=O)cc1. The highest BCUT2D eigenvalue weighted by atomic mass is 127. The molecular formula is C21H17IN2O6S. The Bertz CT molecular complexity index is 1040. The highest BCUT2D eigenvalue weighted by Crippen LogP contribution is 2.32. The van der Waals surface area contributed by atoms with Crippen LogP contribution in [0, 0.1) is 3.57 Å². The number of nitrogens with zero attached hydrogens (tertiary/aromatic N) is 1. The first-order chi connectivity index (χ1) is 14.9. The number of carbonyl (C=O) groups excluding carboxylic acids is 4. The van der Waals surface area contributed by atoms with Crippen LogP contribution >= 0.6 is 34.4 Å². The molecule has 1 heterocycles. The molecule has 1 saturated heterocycles. The molecule has 1 N–H and O–H groups in total. The Kier molecular flexibility index (Phi) is 7.69. The minimum Gasteiger partial charge on any atom is -0.482 e. The maximum Gasteiger partial charge on any atom is 0.343 e. The van der Waals surface area contributed by atoms with Crippen molar-refractivity contribution in [1.29, 1.82) is 0 Å². The maximum atomic E-state index is 12.6. The van der Waals surface area contributed by atoms with Gasteiger partial charge < -0.3 is 14.8 Å². The molecule has 1 fully saturated rings. The van der Waals surface area contributed by atoms with Crippen LogP contribution in [-0.2, 0) is 19.1 Å². The normalized spacial score (nSPS) is 14.6. The van der Waals surface area contributed by atoms with Gasteiger partial charge in [0.05, 0.1) is 12.0 Å². The van der Waals surface area contributed by atoms with Gasteiger partial charge in [-0.3, -0.25) is 19.3 Å². The molecule has 0 unspecified atom stereocenters. The van der Waals surface area contributed by atoms with E-state index in [0.29, 0.717) is 17.0 Å². The number of nitrogens with one attached hydrogen (secondary N) is 1. The number of carbonyl (C=O) groups is 4. The summed E-state index contributed by atoms with van der Waals surface area (Å²) >= 11 is 2.93. The summed E-state index contributed by atoms with van der Waals surface area (Å²) in [5, 5.41) is 2.16. The molecule has 160 valence electrons. The lowest BCUT2D eigenvalue weighted by molar-refractivity contribution is -0.142. The van der Waals surface area contributed by atoms with Gasteiger partial charge in [-0.2, -0.15) is 0 Å². The summed E-state index contributed by atoms with van der Waals surface area (Å²) in [4.78, 5) is 49.3. The second-order valence-electron chi connectivity index (χ2n) is 6.26. The minimum atomic E-state index is -0.529. The van der Waals surface area contributed by atoms with Gasteiger partial charge in [0.1, 0.15) is 12.3 Å². The number of esters is 1. The molecule has 2 aromatic carbocycles. The van der Waals surface area contributed by atoms with Gasteiger partial charge in [0.15, 0.2) is 6.61 Å². The molecule has 8 nitrogen and oxygen atoms in total. The summed E-state index contributed by atoms with van der Waals surface area (Å²) in [6, 6.07) is 13.8. The van der Waals surface area contributed by atoms with Gasteiger partial charge in [-0.25, -0.2) is 4.79 Å². The largest absolute Gasteiger partial charge is 0.482 e. The number of ether oxygens (including phenoxy) is 2. The topological polar surface area (TPSA) is 102 Å². The number of rotatable bonds is 7. The third-order valence-corrected chi connectivity index (χ3v) is 5.69. The van der Waals surface area contributed by atoms with Crippen LogP contribution in [0.3, 0.4) is 0 Å². The van der Waals surface area contributed by atoms with Gasteiger partial charge in [-0.15, -0.1) is 0 Å². The van der Waals surface area contributed by atoms with Crippen LogP contribution in [0.1, 0.15) is 5.56 Å². The third-order valence-electron chi connectivity index (χ3n) is 4.07. The zero-order valence-corrected chi connectivity index (χ0v) is 19.3. The Morgan fingerprint density at radius 1 is 1.10 bits per heavy atom. The number of imide groups is 1. The predicted molar refractivity (Wildman–Crippen MR) is 124 cm³/mol. The number of thioether (sulfide) groups is 1. The van der Waals surface area contributed by atoms with E-state index in [9.17, 15) is 19.2 Å². The second kappa shape index (κ2) is 10.4. The number of halogens is 1. The van der Waals surface area contributed by atoms with Crippen LogP contribution in [0.4, 0.5) is 10.5 Å². The lowest BCUT2D eigenvalue weighted by atomic mass is 10.2. The van der Waals surface area contributed by atoms with E-state index in [0.717, 1.165) is 20.2 Å². The van der Waals surface area contributed by atoms with Crippen LogP contribution in [0.15, 0.2) is 53.4 Å². The van der Waals surface area contributed by atoms with Crippen LogP contribution in [-0.4, -0.2) is 48.2 Å². The van der Waals surface area contributed by atoms with Crippen molar-refractivity contribution in [3.63, 3.8) is 0 Å². The summed E-state index contributed by atoms with van der Waals surface area (Å²) in [7, 11) is 1.27. The fourth-order valence-corrected chi connectivity index (χ4v) is 3.72. The average molecular weight is 552 g/mol. The quantitative estimate of drug-likeness (QED) is 0.319. The first kappa shape index (κ1) is 22.8. The molecule has 31 heavy (non-hydrogen) atoms. The van der Waals surface area contributed by atoms with E-state index in [-0.39, 0.29) is 18.1 Å². The van der Waals surface area contributed by atoms with Crippen molar-refractivity contribution >= 4 is 69.1 Å². The number of amides is 3. The summed E-state index contributed by atoms with van der Waals surface area (Å²) in [6.07, 6.45) is 1.56. The molecule has 0 spiro atoms. The molecule has 3 rings (SSSR count). The van der Waals surface area contributed by atoms with E-state index < -0.39 is 23.0 Å². The first-order valence-electron chi connectivity index (χ1n) is 8.96. The number of hydrogen-bond donors (Lipinski definition) is 1. The van der Waals surface area contributed by atoms with E-state index >= 15 is 0 Å². The first-order valence-corrected chi connectivity index (χ1v) is 10.9. The van der Waals surface area contributed by atoms with Crippen LogP contribution < -0.4 is 10.1 Å². The molecule has 1 aliphatic heterocycles. The summed E-state index contributed by atoms with van der Waals surface area (Å²) in [5.41, 5.74) is 1.25. The fourth-order valence-electron chi connectivity index (χ4n) is 2.53. The molecule has 10 heteroatoms. The van der Waals surface area contributed by atoms with E-state index in [1.54, 1.807) is 42.5 Å². The molecule has 1 aliphatic rings. The van der Waals surface area contributed by atoms with Crippen LogP contribution in [0.5, 0.6) is 5.75 Å². The molecule has 0 aliphatic carbocycles. The van der Waals surface area contributed by atoms with Gasteiger partial charge in [-0.05, 0) is 82.4 Å². The van der Waals surface area contributed by atoms with E-state index in [4.69, 9.17) is 4.74 Å². The zero-order chi connectivity index (χ0) is 22.4. The van der Waals surface area contributed by atoms with Crippen molar-refractivity contribution in [2.45, 2.75) is 0 Å². The summed E-state index contributed by atoms with van der Waals surface area (Å²) < 4.78 is 10.8. The number of anilines is 1. The van der Waals surface area contributed by atoms with Crippen molar-refractivity contribution in [3.05, 3.63) is 62.6 Å². The van der Waals surface area contributed by atoms with Gasteiger partial charge >= 0.3 is 5.97 Å². The van der Waals surface area contributed by atoms with Crippen LogP contribution in [0.2, 0.25) is 0 Å². The molecule has 0 aromatic heterocycles. The molecule has 3 amide bonds. The standard InChI is InChI=1S/C21H17IN2O6S/c1-29-19(26)12-30-16-8-2-13(3-9-16)10-17-20(27)24(21(28)31-17)11-18(25)23-15-6-4-14(22)5-7-15/h2-10H,11-12H2,1H3,(H,23,25)/b17-10-. The molecule has 0 radical (unpaired) electrons. The molecule has 0 saturated carbocycles.